The summed E-state index contributed by atoms with van der Waals surface area (Å²) in [5.74, 6) is -1.65. The van der Waals surface area contributed by atoms with E-state index in [2.05, 4.69) is 10.3 Å². The lowest BCUT2D eigenvalue weighted by Crippen LogP contribution is -2.05. The van der Waals surface area contributed by atoms with Crippen LogP contribution in [0.5, 0.6) is 5.75 Å². The summed E-state index contributed by atoms with van der Waals surface area (Å²) < 4.78 is 32.4. The highest BCUT2D eigenvalue weighted by molar-refractivity contribution is 6.07. The Labute approximate surface area is 163 Å². The number of hydrogen-bond acceptors (Lipinski definition) is 5. The number of fused-ring (bicyclic) bond motifs is 1. The third-order valence-corrected chi connectivity index (χ3v) is 4.62. The Bertz CT molecular complexity index is 1330. The van der Waals surface area contributed by atoms with E-state index in [9.17, 15) is 24.4 Å². The molecule has 7 nitrogen and oxygen atoms in total. The number of nitrogens with zero attached hydrogens (tertiary/aromatic N) is 5. The van der Waals surface area contributed by atoms with E-state index in [4.69, 9.17) is 0 Å². The minimum absolute atomic E-state index is 0.0103. The number of phenols is 1. The van der Waals surface area contributed by atoms with E-state index in [1.807, 2.05) is 6.07 Å². The molecular formula is C20H13F2N5O2. The quantitative estimate of drug-likeness (QED) is 0.315. The lowest BCUT2D eigenvalue weighted by molar-refractivity contribution is 0.322. The van der Waals surface area contributed by atoms with Crippen LogP contribution in [0.4, 0.5) is 8.78 Å². The fourth-order valence-corrected chi connectivity index (χ4v) is 3.47. The molecule has 0 radical (unpaired) electrons. The monoisotopic (exact) mass is 393 g/mol. The van der Waals surface area contributed by atoms with Crippen LogP contribution < -0.4 is 0 Å². The molecule has 0 fully saturated rings. The molecular weight excluding hydrogens is 380 g/mol. The highest BCUT2D eigenvalue weighted by Crippen LogP contribution is 2.38. The molecule has 0 bridgehead atoms. The summed E-state index contributed by atoms with van der Waals surface area (Å²) in [5.41, 5.74) is 1.10. The molecule has 0 saturated heterocycles. The molecule has 0 amide bonds. The zero-order valence-corrected chi connectivity index (χ0v) is 15.0. The van der Waals surface area contributed by atoms with Crippen LogP contribution in [0.3, 0.4) is 0 Å². The molecule has 2 aromatic heterocycles. The van der Waals surface area contributed by atoms with Crippen LogP contribution in [0.2, 0.25) is 0 Å². The summed E-state index contributed by atoms with van der Waals surface area (Å²) in [4.78, 5) is 0. The molecule has 0 saturated carbocycles. The second kappa shape index (κ2) is 6.76. The Hall–Kier alpha value is -4.19. The summed E-state index contributed by atoms with van der Waals surface area (Å²) in [6.07, 6.45) is 2.37. The molecule has 29 heavy (non-hydrogen) atoms. The molecule has 0 atom stereocenters. The molecule has 0 aliphatic carbocycles. The number of phenolic OH excluding ortho intramolecular Hbond substituents is 1. The van der Waals surface area contributed by atoms with Crippen molar-refractivity contribution in [1.82, 2.24) is 14.3 Å². The van der Waals surface area contributed by atoms with Crippen molar-refractivity contribution in [1.29, 1.82) is 5.26 Å². The molecule has 2 N–H and O–H groups in total. The highest BCUT2D eigenvalue weighted by Gasteiger charge is 2.26. The van der Waals surface area contributed by atoms with Crippen molar-refractivity contribution in [3.05, 3.63) is 65.4 Å². The van der Waals surface area contributed by atoms with E-state index in [0.29, 0.717) is 0 Å². The maximum Gasteiger partial charge on any atom is 0.150 e. The van der Waals surface area contributed by atoms with Gasteiger partial charge in [0.1, 0.15) is 23.3 Å². The Morgan fingerprint density at radius 3 is 2.66 bits per heavy atom. The summed E-state index contributed by atoms with van der Waals surface area (Å²) in [6.45, 7) is 0. The van der Waals surface area contributed by atoms with Crippen molar-refractivity contribution >= 4 is 17.1 Å². The number of halogens is 2. The fourth-order valence-electron chi connectivity index (χ4n) is 3.47. The molecule has 0 spiro atoms. The van der Waals surface area contributed by atoms with E-state index in [1.165, 1.54) is 39.7 Å². The molecule has 0 aliphatic heterocycles. The Balaban J connectivity index is 2.27. The molecule has 4 rings (SSSR count). The highest BCUT2D eigenvalue weighted by atomic mass is 19.1. The van der Waals surface area contributed by atoms with Crippen molar-refractivity contribution in [2.75, 3.05) is 0 Å². The lowest BCUT2D eigenvalue weighted by Gasteiger charge is -2.13. The van der Waals surface area contributed by atoms with Crippen LogP contribution in [-0.2, 0) is 7.05 Å². The van der Waals surface area contributed by atoms with Gasteiger partial charge in [-0.1, -0.05) is 11.2 Å². The summed E-state index contributed by atoms with van der Waals surface area (Å²) in [5, 5.41) is 35.5. The van der Waals surface area contributed by atoms with E-state index in [1.54, 1.807) is 13.1 Å². The molecule has 2 aromatic carbocycles. The number of benzene rings is 2. The van der Waals surface area contributed by atoms with Crippen LogP contribution in [0.15, 0.2) is 47.8 Å². The van der Waals surface area contributed by atoms with Gasteiger partial charge in [0.15, 0.2) is 5.82 Å². The summed E-state index contributed by atoms with van der Waals surface area (Å²) in [7, 11) is 1.58. The third kappa shape index (κ3) is 2.70. The number of oxime groups is 1. The van der Waals surface area contributed by atoms with Gasteiger partial charge in [-0.05, 0) is 24.3 Å². The van der Waals surface area contributed by atoms with E-state index in [-0.39, 0.29) is 44.9 Å². The van der Waals surface area contributed by atoms with Gasteiger partial charge < -0.3 is 14.9 Å². The standard InChI is InChI=1S/C20H13F2N5O2/c1-26-19(11(8-23)9-24-26)20-13(10-25-29)18-14(21)3-2-4-17(18)27(20)16-6-5-12(28)7-15(16)22/h2-7,9-10,28-29H,1H3. The van der Waals surface area contributed by atoms with Crippen molar-refractivity contribution in [3.8, 4) is 28.9 Å². The SMILES string of the molecule is Cn1ncc(C#N)c1-c1c(C=NO)c2c(F)cccc2n1-c1ccc(O)cc1F. The van der Waals surface area contributed by atoms with Gasteiger partial charge in [0.25, 0.3) is 0 Å². The average molecular weight is 393 g/mol. The van der Waals surface area contributed by atoms with Gasteiger partial charge in [0, 0.05) is 24.1 Å². The number of aromatic nitrogens is 3. The van der Waals surface area contributed by atoms with Crippen molar-refractivity contribution in [2.24, 2.45) is 12.2 Å². The Morgan fingerprint density at radius 1 is 1.17 bits per heavy atom. The predicted octanol–water partition coefficient (Wildman–Crippen LogP) is 3.69. The molecule has 144 valence electrons. The van der Waals surface area contributed by atoms with Crippen LogP contribution in [0, 0.1) is 23.0 Å². The summed E-state index contributed by atoms with van der Waals surface area (Å²) in [6, 6.07) is 9.84. The second-order valence-electron chi connectivity index (χ2n) is 6.25. The van der Waals surface area contributed by atoms with Crippen molar-refractivity contribution in [2.45, 2.75) is 0 Å². The molecule has 2 heterocycles. The van der Waals surface area contributed by atoms with Crippen molar-refractivity contribution in [3.63, 3.8) is 0 Å². The molecule has 4 aromatic rings. The number of nitriles is 1. The van der Waals surface area contributed by atoms with Gasteiger partial charge in [0.2, 0.25) is 0 Å². The first kappa shape index (κ1) is 18.2. The maximum absolute atomic E-state index is 14.8. The van der Waals surface area contributed by atoms with Gasteiger partial charge in [-0.25, -0.2) is 8.78 Å². The zero-order chi connectivity index (χ0) is 20.7. The minimum atomic E-state index is -0.763. The normalized spacial score (nSPS) is 11.4. The number of hydrogen-bond donors (Lipinski definition) is 2. The number of aromatic hydroxyl groups is 1. The predicted molar refractivity (Wildman–Crippen MR) is 101 cm³/mol. The van der Waals surface area contributed by atoms with Gasteiger partial charge in [0.05, 0.1) is 34.9 Å². The Morgan fingerprint density at radius 2 is 1.97 bits per heavy atom. The van der Waals surface area contributed by atoms with Crippen LogP contribution in [0.25, 0.3) is 28.0 Å². The first-order chi connectivity index (χ1) is 14.0. The van der Waals surface area contributed by atoms with Crippen LogP contribution in [0.1, 0.15) is 11.1 Å². The largest absolute Gasteiger partial charge is 0.508 e. The molecule has 0 aliphatic rings. The minimum Gasteiger partial charge on any atom is -0.508 e. The van der Waals surface area contributed by atoms with Crippen LogP contribution in [-0.4, -0.2) is 30.9 Å². The average Bonchev–Trinajstić information content (AvgIpc) is 3.20. The van der Waals surface area contributed by atoms with Gasteiger partial charge in [-0.15, -0.1) is 0 Å². The first-order valence-electron chi connectivity index (χ1n) is 8.39. The smallest absolute Gasteiger partial charge is 0.150 e. The fraction of sp³-hybridized carbons (Fsp3) is 0.0500. The maximum atomic E-state index is 14.8. The van der Waals surface area contributed by atoms with Gasteiger partial charge in [-0.2, -0.15) is 10.4 Å². The zero-order valence-electron chi connectivity index (χ0n) is 15.0. The first-order valence-corrected chi connectivity index (χ1v) is 8.39. The topological polar surface area (TPSA) is 99.4 Å². The van der Waals surface area contributed by atoms with E-state index in [0.717, 1.165) is 12.3 Å². The second-order valence-corrected chi connectivity index (χ2v) is 6.25. The summed E-state index contributed by atoms with van der Waals surface area (Å²) >= 11 is 0. The Kier molecular flexibility index (Phi) is 4.24. The number of rotatable bonds is 3. The third-order valence-electron chi connectivity index (χ3n) is 4.62. The molecule has 9 heteroatoms. The van der Waals surface area contributed by atoms with E-state index < -0.39 is 11.6 Å². The van der Waals surface area contributed by atoms with E-state index >= 15 is 0 Å². The lowest BCUT2D eigenvalue weighted by atomic mass is 10.1. The number of aryl methyl sites for hydroxylation is 1. The van der Waals surface area contributed by atoms with Crippen molar-refractivity contribution < 1.29 is 19.1 Å². The van der Waals surface area contributed by atoms with Gasteiger partial charge >= 0.3 is 0 Å². The van der Waals surface area contributed by atoms with Crippen LogP contribution >= 0.6 is 0 Å². The molecule has 0 unspecified atom stereocenters. The van der Waals surface area contributed by atoms with Gasteiger partial charge in [-0.3, -0.25) is 4.68 Å².